The number of rotatable bonds is 6. The summed E-state index contributed by atoms with van der Waals surface area (Å²) in [5, 5.41) is 7.56. The van der Waals surface area contributed by atoms with Gasteiger partial charge in [-0.15, -0.1) is 0 Å². The number of H-pyrrole nitrogens is 1. The molecule has 0 spiro atoms. The zero-order valence-corrected chi connectivity index (χ0v) is 16.3. The molecule has 0 atom stereocenters. The molecule has 7 heteroatoms. The van der Waals surface area contributed by atoms with Gasteiger partial charge < -0.3 is 14.4 Å². The summed E-state index contributed by atoms with van der Waals surface area (Å²) >= 11 is 0. The zero-order chi connectivity index (χ0) is 19.3. The molecule has 1 aliphatic heterocycles. The second-order valence-electron chi connectivity index (χ2n) is 6.99. The second-order valence-corrected chi connectivity index (χ2v) is 6.99. The minimum absolute atomic E-state index is 0.445. The smallest absolute Gasteiger partial charge is 0.132 e. The molecule has 28 heavy (non-hydrogen) atoms. The van der Waals surface area contributed by atoms with Crippen molar-refractivity contribution < 1.29 is 9.47 Å². The third kappa shape index (κ3) is 3.84. The lowest BCUT2D eigenvalue weighted by Crippen LogP contribution is -2.33. The predicted molar refractivity (Wildman–Crippen MR) is 108 cm³/mol. The van der Waals surface area contributed by atoms with Gasteiger partial charge in [0, 0.05) is 43.4 Å². The van der Waals surface area contributed by atoms with Gasteiger partial charge in [-0.1, -0.05) is 12.1 Å². The molecule has 1 aliphatic rings. The Balaban J connectivity index is 1.48. The Morgan fingerprint density at radius 3 is 2.79 bits per heavy atom. The van der Waals surface area contributed by atoms with Crippen molar-refractivity contribution in [1.29, 1.82) is 0 Å². The number of methoxy groups -OCH3 is 2. The third-order valence-corrected chi connectivity index (χ3v) is 5.28. The van der Waals surface area contributed by atoms with Crippen molar-refractivity contribution in [1.82, 2.24) is 20.2 Å². The summed E-state index contributed by atoms with van der Waals surface area (Å²) in [5.74, 6) is 2.27. The van der Waals surface area contributed by atoms with Gasteiger partial charge in [0.25, 0.3) is 0 Å². The maximum atomic E-state index is 5.37. The molecule has 3 heterocycles. The number of anilines is 1. The van der Waals surface area contributed by atoms with Crippen molar-refractivity contribution in [2.24, 2.45) is 0 Å². The topological polar surface area (TPSA) is 76.2 Å². The fourth-order valence-electron chi connectivity index (χ4n) is 3.81. The summed E-state index contributed by atoms with van der Waals surface area (Å²) < 4.78 is 10.5. The first-order valence-corrected chi connectivity index (χ1v) is 9.51. The van der Waals surface area contributed by atoms with Crippen LogP contribution in [-0.2, 0) is 11.3 Å². The zero-order valence-electron chi connectivity index (χ0n) is 16.3. The second kappa shape index (κ2) is 8.39. The van der Waals surface area contributed by atoms with Crippen LogP contribution in [0.4, 0.5) is 5.82 Å². The fourth-order valence-corrected chi connectivity index (χ4v) is 3.81. The fraction of sp³-hybridized carbons (Fsp3) is 0.381. The van der Waals surface area contributed by atoms with Crippen LogP contribution in [0.2, 0.25) is 0 Å². The highest BCUT2D eigenvalue weighted by Crippen LogP contribution is 2.35. The number of benzene rings is 1. The van der Waals surface area contributed by atoms with Gasteiger partial charge in [0.1, 0.15) is 17.9 Å². The van der Waals surface area contributed by atoms with Crippen molar-refractivity contribution >= 4 is 5.82 Å². The lowest BCUT2D eigenvalue weighted by molar-refractivity contribution is 0.181. The van der Waals surface area contributed by atoms with Crippen molar-refractivity contribution in [3.8, 4) is 16.9 Å². The van der Waals surface area contributed by atoms with Gasteiger partial charge >= 0.3 is 0 Å². The number of ether oxygens (including phenoxy) is 2. The van der Waals surface area contributed by atoms with Crippen LogP contribution in [0, 0.1) is 0 Å². The maximum absolute atomic E-state index is 5.37. The van der Waals surface area contributed by atoms with Crippen molar-refractivity contribution in [3.63, 3.8) is 0 Å². The number of hydrogen-bond donors (Lipinski definition) is 1. The van der Waals surface area contributed by atoms with Gasteiger partial charge in [0.15, 0.2) is 0 Å². The number of nitrogens with zero attached hydrogens (tertiary/aromatic N) is 4. The first-order chi connectivity index (χ1) is 13.8. The quantitative estimate of drug-likeness (QED) is 0.707. The Morgan fingerprint density at radius 2 is 2.00 bits per heavy atom. The first-order valence-electron chi connectivity index (χ1n) is 9.51. The van der Waals surface area contributed by atoms with Crippen molar-refractivity contribution in [2.45, 2.75) is 25.4 Å². The van der Waals surface area contributed by atoms with Crippen LogP contribution >= 0.6 is 0 Å². The lowest BCUT2D eigenvalue weighted by atomic mass is 9.89. The first kappa shape index (κ1) is 18.4. The summed E-state index contributed by atoms with van der Waals surface area (Å²) in [6.45, 7) is 2.40. The molecular formula is C21H25N5O2. The van der Waals surface area contributed by atoms with E-state index in [2.05, 4.69) is 37.2 Å². The van der Waals surface area contributed by atoms with E-state index < -0.39 is 0 Å². The summed E-state index contributed by atoms with van der Waals surface area (Å²) in [4.78, 5) is 11.0. The van der Waals surface area contributed by atoms with Gasteiger partial charge in [0.2, 0.25) is 0 Å². The van der Waals surface area contributed by atoms with Crippen LogP contribution in [0.25, 0.3) is 11.1 Å². The average Bonchev–Trinajstić information content (AvgIpc) is 3.24. The van der Waals surface area contributed by atoms with E-state index in [1.165, 1.54) is 5.69 Å². The van der Waals surface area contributed by atoms with E-state index in [1.807, 2.05) is 24.4 Å². The van der Waals surface area contributed by atoms with Gasteiger partial charge in [-0.2, -0.15) is 5.10 Å². The monoisotopic (exact) mass is 379 g/mol. The predicted octanol–water partition coefficient (Wildman–Crippen LogP) is 3.41. The standard InChI is InChI=1S/C21H25N5O2/c1-27-13-17-11-20(23-14-22-17)26-8-6-15(7-9-26)21-19(12-24-25-21)16-4-3-5-18(10-16)28-2/h3-5,10-12,14-15H,6-9,13H2,1-2H3,(H,24,25). The van der Waals surface area contributed by atoms with E-state index in [0.29, 0.717) is 12.5 Å². The van der Waals surface area contributed by atoms with E-state index in [4.69, 9.17) is 9.47 Å². The highest BCUT2D eigenvalue weighted by molar-refractivity contribution is 5.67. The van der Waals surface area contributed by atoms with E-state index in [-0.39, 0.29) is 0 Å². The van der Waals surface area contributed by atoms with Gasteiger partial charge in [-0.25, -0.2) is 9.97 Å². The van der Waals surface area contributed by atoms with E-state index in [0.717, 1.165) is 54.3 Å². The highest BCUT2D eigenvalue weighted by atomic mass is 16.5. The molecule has 1 fully saturated rings. The number of hydrogen-bond acceptors (Lipinski definition) is 6. The van der Waals surface area contributed by atoms with Gasteiger partial charge in [0.05, 0.1) is 25.6 Å². The molecule has 0 aliphatic carbocycles. The maximum Gasteiger partial charge on any atom is 0.132 e. The lowest BCUT2D eigenvalue weighted by Gasteiger charge is -2.32. The molecule has 1 aromatic carbocycles. The normalized spacial score (nSPS) is 15.0. The molecule has 146 valence electrons. The molecular weight excluding hydrogens is 354 g/mol. The number of nitrogens with one attached hydrogen (secondary N) is 1. The SMILES string of the molecule is COCc1cc(N2CCC(c3[nH]ncc3-c3cccc(OC)c3)CC2)ncn1. The molecule has 0 amide bonds. The Bertz CT molecular complexity index is 918. The molecule has 7 nitrogen and oxygen atoms in total. The molecule has 0 bridgehead atoms. The summed E-state index contributed by atoms with van der Waals surface area (Å²) in [6.07, 6.45) is 5.62. The highest BCUT2D eigenvalue weighted by Gasteiger charge is 2.25. The third-order valence-electron chi connectivity index (χ3n) is 5.28. The molecule has 4 rings (SSSR count). The number of aromatic nitrogens is 4. The van der Waals surface area contributed by atoms with Crippen molar-refractivity contribution in [3.05, 3.63) is 54.2 Å². The van der Waals surface area contributed by atoms with Crippen molar-refractivity contribution in [2.75, 3.05) is 32.2 Å². The largest absolute Gasteiger partial charge is 0.497 e. The van der Waals surface area contributed by atoms with Crippen LogP contribution in [-0.4, -0.2) is 47.5 Å². The molecule has 3 aromatic rings. The molecule has 1 N–H and O–H groups in total. The minimum atomic E-state index is 0.445. The summed E-state index contributed by atoms with van der Waals surface area (Å²) in [7, 11) is 3.37. The van der Waals surface area contributed by atoms with Crippen LogP contribution < -0.4 is 9.64 Å². The molecule has 0 saturated carbocycles. The Kier molecular flexibility index (Phi) is 5.53. The van der Waals surface area contributed by atoms with E-state index in [9.17, 15) is 0 Å². The average molecular weight is 379 g/mol. The van der Waals surface area contributed by atoms with Crippen LogP contribution in [0.3, 0.4) is 0 Å². The van der Waals surface area contributed by atoms with Gasteiger partial charge in [-0.3, -0.25) is 5.10 Å². The minimum Gasteiger partial charge on any atom is -0.497 e. The molecule has 0 radical (unpaired) electrons. The Hall–Kier alpha value is -2.93. The molecule has 0 unspecified atom stereocenters. The molecule has 1 saturated heterocycles. The van der Waals surface area contributed by atoms with Crippen LogP contribution in [0.5, 0.6) is 5.75 Å². The van der Waals surface area contributed by atoms with E-state index in [1.54, 1.807) is 20.5 Å². The van der Waals surface area contributed by atoms with Crippen LogP contribution in [0.1, 0.15) is 30.1 Å². The Labute approximate surface area is 164 Å². The summed E-state index contributed by atoms with van der Waals surface area (Å²) in [6, 6.07) is 10.1. The molecule has 2 aromatic heterocycles. The number of piperidine rings is 1. The summed E-state index contributed by atoms with van der Waals surface area (Å²) in [5.41, 5.74) is 4.39. The van der Waals surface area contributed by atoms with Gasteiger partial charge in [-0.05, 0) is 30.5 Å². The van der Waals surface area contributed by atoms with Crippen LogP contribution in [0.15, 0.2) is 42.9 Å². The Morgan fingerprint density at radius 1 is 1.14 bits per heavy atom. The van der Waals surface area contributed by atoms with E-state index >= 15 is 0 Å². The number of aromatic amines is 1.